The van der Waals surface area contributed by atoms with E-state index in [0.717, 1.165) is 11.5 Å². The summed E-state index contributed by atoms with van der Waals surface area (Å²) < 4.78 is 0. The molecule has 1 amide bonds. The molecular formula is C11H14N2OS3. The van der Waals surface area contributed by atoms with Crippen molar-refractivity contribution < 1.29 is 4.79 Å². The normalized spacial score (nSPS) is 19.8. The lowest BCUT2D eigenvalue weighted by molar-refractivity contribution is -0.126. The minimum Gasteiger partial charge on any atom is -0.351 e. The molecule has 1 N–H and O–H groups in total. The van der Waals surface area contributed by atoms with Gasteiger partial charge in [0.05, 0.1) is 0 Å². The summed E-state index contributed by atoms with van der Waals surface area (Å²) in [6.07, 6.45) is 0. The molecule has 1 aliphatic rings. The minimum atomic E-state index is -0.163. The van der Waals surface area contributed by atoms with Crippen molar-refractivity contribution >= 4 is 46.3 Å². The van der Waals surface area contributed by atoms with Crippen LogP contribution in [0.2, 0.25) is 0 Å². The third kappa shape index (κ3) is 3.20. The van der Waals surface area contributed by atoms with Gasteiger partial charge >= 0.3 is 0 Å². The Bertz CT molecular complexity index is 405. The average Bonchev–Trinajstić information content (AvgIpc) is 2.87. The van der Waals surface area contributed by atoms with Crippen LogP contribution in [0, 0.1) is 0 Å². The number of hydrogen-bond acceptors (Lipinski definition) is 4. The second-order valence-electron chi connectivity index (χ2n) is 3.85. The molecule has 1 saturated heterocycles. The van der Waals surface area contributed by atoms with Gasteiger partial charge in [0.25, 0.3) is 5.91 Å². The Labute approximate surface area is 115 Å². The van der Waals surface area contributed by atoms with E-state index in [1.54, 1.807) is 16.2 Å². The maximum absolute atomic E-state index is 11.7. The summed E-state index contributed by atoms with van der Waals surface area (Å²) in [5.41, 5.74) is 1.35. The van der Waals surface area contributed by atoms with E-state index in [4.69, 9.17) is 12.2 Å². The zero-order valence-electron chi connectivity index (χ0n) is 9.51. The first-order valence-electron chi connectivity index (χ1n) is 5.39. The molecular weight excluding hydrogens is 272 g/mol. The number of hydrogen-bond donors (Lipinski definition) is 1. The van der Waals surface area contributed by atoms with Crippen LogP contribution < -0.4 is 5.32 Å². The van der Waals surface area contributed by atoms with Crippen LogP contribution in [0.1, 0.15) is 12.5 Å². The third-order valence-electron chi connectivity index (χ3n) is 2.53. The molecule has 1 fully saturated rings. The molecule has 1 aromatic heterocycles. The molecule has 0 unspecified atom stereocenters. The predicted octanol–water partition coefficient (Wildman–Crippen LogP) is 2.09. The number of rotatable bonds is 5. The number of nitrogens with zero attached hydrogens (tertiary/aromatic N) is 1. The van der Waals surface area contributed by atoms with Crippen molar-refractivity contribution in [2.24, 2.45) is 0 Å². The fraction of sp³-hybridized carbons (Fsp3) is 0.455. The van der Waals surface area contributed by atoms with Crippen molar-refractivity contribution in [1.82, 2.24) is 10.2 Å². The zero-order chi connectivity index (χ0) is 12.3. The van der Waals surface area contributed by atoms with Crippen LogP contribution in [0.5, 0.6) is 0 Å². The second kappa shape index (κ2) is 5.84. The van der Waals surface area contributed by atoms with Gasteiger partial charge in [-0.2, -0.15) is 23.1 Å². The Morgan fingerprint density at radius 3 is 3.06 bits per heavy atom. The van der Waals surface area contributed by atoms with Crippen molar-refractivity contribution in [3.05, 3.63) is 22.4 Å². The lowest BCUT2D eigenvalue weighted by Gasteiger charge is -2.13. The maximum atomic E-state index is 11.7. The SMILES string of the molecule is C[C@@H]1NC(=S)N(CCSCc2ccsc2)C1=O. The highest BCUT2D eigenvalue weighted by molar-refractivity contribution is 7.98. The van der Waals surface area contributed by atoms with E-state index >= 15 is 0 Å². The van der Waals surface area contributed by atoms with E-state index < -0.39 is 0 Å². The molecule has 2 heterocycles. The molecule has 0 aliphatic carbocycles. The van der Waals surface area contributed by atoms with Gasteiger partial charge in [-0.3, -0.25) is 9.69 Å². The first kappa shape index (κ1) is 12.9. The molecule has 0 aromatic carbocycles. The van der Waals surface area contributed by atoms with Crippen LogP contribution in [0.4, 0.5) is 0 Å². The fourth-order valence-electron chi connectivity index (χ4n) is 1.59. The average molecular weight is 286 g/mol. The van der Waals surface area contributed by atoms with Crippen LogP contribution in [0.3, 0.4) is 0 Å². The topological polar surface area (TPSA) is 32.3 Å². The summed E-state index contributed by atoms with van der Waals surface area (Å²) in [7, 11) is 0. The van der Waals surface area contributed by atoms with E-state index in [1.807, 2.05) is 18.7 Å². The molecule has 0 saturated carbocycles. The summed E-state index contributed by atoms with van der Waals surface area (Å²) >= 11 is 8.65. The van der Waals surface area contributed by atoms with Crippen LogP contribution in [0.15, 0.2) is 16.8 Å². The Kier molecular flexibility index (Phi) is 4.42. The molecule has 0 radical (unpaired) electrons. The van der Waals surface area contributed by atoms with Gasteiger partial charge in [-0.15, -0.1) is 0 Å². The van der Waals surface area contributed by atoms with Gasteiger partial charge < -0.3 is 5.32 Å². The largest absolute Gasteiger partial charge is 0.351 e. The Morgan fingerprint density at radius 1 is 1.65 bits per heavy atom. The molecule has 6 heteroatoms. The first-order chi connectivity index (χ1) is 8.18. The van der Waals surface area contributed by atoms with Gasteiger partial charge in [0.1, 0.15) is 6.04 Å². The van der Waals surface area contributed by atoms with E-state index in [2.05, 4.69) is 22.1 Å². The Hall–Kier alpha value is -0.590. The van der Waals surface area contributed by atoms with Gasteiger partial charge in [-0.25, -0.2) is 0 Å². The highest BCUT2D eigenvalue weighted by atomic mass is 32.2. The van der Waals surface area contributed by atoms with Crippen molar-refractivity contribution in [3.63, 3.8) is 0 Å². The first-order valence-corrected chi connectivity index (χ1v) is 7.90. The van der Waals surface area contributed by atoms with Crippen LogP contribution in [-0.4, -0.2) is 34.3 Å². The van der Waals surface area contributed by atoms with Crippen LogP contribution >= 0.6 is 35.3 Å². The number of carbonyl (C=O) groups excluding carboxylic acids is 1. The quantitative estimate of drug-likeness (QED) is 0.663. The molecule has 0 spiro atoms. The van der Waals surface area contributed by atoms with E-state index in [1.165, 1.54) is 5.56 Å². The third-order valence-corrected chi connectivity index (χ3v) is 4.61. The molecule has 17 heavy (non-hydrogen) atoms. The maximum Gasteiger partial charge on any atom is 0.251 e. The summed E-state index contributed by atoms with van der Waals surface area (Å²) in [5.74, 6) is 2.00. The van der Waals surface area contributed by atoms with E-state index in [0.29, 0.717) is 11.7 Å². The van der Waals surface area contributed by atoms with Gasteiger partial charge in [0.15, 0.2) is 5.11 Å². The lowest BCUT2D eigenvalue weighted by Crippen LogP contribution is -2.33. The highest BCUT2D eigenvalue weighted by Gasteiger charge is 2.31. The second-order valence-corrected chi connectivity index (χ2v) is 6.12. The van der Waals surface area contributed by atoms with Crippen molar-refractivity contribution in [2.45, 2.75) is 18.7 Å². The standard InChI is InChI=1S/C11H14N2OS3/c1-8-10(14)13(11(15)12-8)3-5-17-7-9-2-4-16-6-9/h2,4,6,8H,3,5,7H2,1H3,(H,12,15)/t8-/m0/s1. The van der Waals surface area contributed by atoms with Gasteiger partial charge in [0.2, 0.25) is 0 Å². The fourth-order valence-corrected chi connectivity index (χ4v) is 3.59. The number of thiophene rings is 1. The van der Waals surface area contributed by atoms with Gasteiger partial charge in [0, 0.05) is 18.1 Å². The smallest absolute Gasteiger partial charge is 0.251 e. The van der Waals surface area contributed by atoms with E-state index in [9.17, 15) is 4.79 Å². The highest BCUT2D eigenvalue weighted by Crippen LogP contribution is 2.16. The summed E-state index contributed by atoms with van der Waals surface area (Å²) in [6.45, 7) is 2.54. The summed E-state index contributed by atoms with van der Waals surface area (Å²) in [6, 6.07) is 1.97. The Balaban J connectivity index is 1.72. The number of amides is 1. The Morgan fingerprint density at radius 2 is 2.47 bits per heavy atom. The number of carbonyl (C=O) groups is 1. The molecule has 1 aliphatic heterocycles. The zero-order valence-corrected chi connectivity index (χ0v) is 12.0. The molecule has 3 nitrogen and oxygen atoms in total. The van der Waals surface area contributed by atoms with Gasteiger partial charge in [-0.05, 0) is 41.5 Å². The molecule has 1 aromatic rings. The van der Waals surface area contributed by atoms with Crippen molar-refractivity contribution in [2.75, 3.05) is 12.3 Å². The molecule has 1 atom stereocenters. The predicted molar refractivity (Wildman–Crippen MR) is 77.4 cm³/mol. The van der Waals surface area contributed by atoms with Crippen molar-refractivity contribution in [3.8, 4) is 0 Å². The van der Waals surface area contributed by atoms with E-state index in [-0.39, 0.29) is 11.9 Å². The lowest BCUT2D eigenvalue weighted by atomic mass is 10.3. The monoisotopic (exact) mass is 286 g/mol. The number of thiocarbonyl (C=S) groups is 1. The van der Waals surface area contributed by atoms with Crippen molar-refractivity contribution in [1.29, 1.82) is 0 Å². The van der Waals surface area contributed by atoms with Crippen LogP contribution in [-0.2, 0) is 10.5 Å². The van der Waals surface area contributed by atoms with Crippen LogP contribution in [0.25, 0.3) is 0 Å². The summed E-state index contributed by atoms with van der Waals surface area (Å²) in [4.78, 5) is 13.4. The number of nitrogens with one attached hydrogen (secondary N) is 1. The van der Waals surface area contributed by atoms with Gasteiger partial charge in [-0.1, -0.05) is 0 Å². The molecule has 2 rings (SSSR count). The summed E-state index contributed by atoms with van der Waals surface area (Å²) in [5, 5.41) is 7.78. The molecule has 92 valence electrons. The molecule has 0 bridgehead atoms. The number of thioether (sulfide) groups is 1. The minimum absolute atomic E-state index is 0.0890.